The molecule has 0 spiro atoms. The topological polar surface area (TPSA) is 42.2 Å². The molecule has 0 fully saturated rings. The van der Waals surface area contributed by atoms with E-state index >= 15 is 0 Å². The highest BCUT2D eigenvalue weighted by Crippen LogP contribution is 2.05. The predicted octanol–water partition coefficient (Wildman–Crippen LogP) is 2.11. The number of hydrogen-bond donors (Lipinski definition) is 0. The summed E-state index contributed by atoms with van der Waals surface area (Å²) in [5.74, 6) is 0. The van der Waals surface area contributed by atoms with Crippen molar-refractivity contribution in [2.75, 3.05) is 19.8 Å². The number of ether oxygens (including phenoxy) is 2. The van der Waals surface area contributed by atoms with E-state index in [4.69, 9.17) is 14.7 Å². The highest BCUT2D eigenvalue weighted by atomic mass is 16.5. The van der Waals surface area contributed by atoms with Crippen molar-refractivity contribution in [2.45, 2.75) is 13.5 Å². The molecule has 3 nitrogen and oxygen atoms in total. The molecule has 3 heteroatoms. The van der Waals surface area contributed by atoms with Crippen LogP contribution in [0.15, 0.2) is 24.3 Å². The quantitative estimate of drug-likeness (QED) is 0.668. The third-order valence-electron chi connectivity index (χ3n) is 1.90. The molecule has 0 radical (unpaired) electrons. The smallest absolute Gasteiger partial charge is 0.0991 e. The van der Waals surface area contributed by atoms with Crippen LogP contribution in [-0.4, -0.2) is 19.8 Å². The van der Waals surface area contributed by atoms with E-state index in [1.807, 2.05) is 25.1 Å². The van der Waals surface area contributed by atoms with Gasteiger partial charge >= 0.3 is 0 Å². The lowest BCUT2D eigenvalue weighted by atomic mass is 10.1. The zero-order chi connectivity index (χ0) is 10.9. The Hall–Kier alpha value is -1.37. The van der Waals surface area contributed by atoms with Crippen LogP contribution in [0, 0.1) is 11.3 Å². The maximum absolute atomic E-state index is 8.69. The molecule has 0 unspecified atom stereocenters. The fourth-order valence-electron chi connectivity index (χ4n) is 1.18. The zero-order valence-electron chi connectivity index (χ0n) is 8.90. The SMILES string of the molecule is CCOCCOCc1cccc(C#N)c1. The van der Waals surface area contributed by atoms with Gasteiger partial charge < -0.3 is 9.47 Å². The Bertz CT molecular complexity index is 331. The largest absolute Gasteiger partial charge is 0.379 e. The molecule has 1 aromatic rings. The standard InChI is InChI=1S/C12H15NO2/c1-2-14-6-7-15-10-12-5-3-4-11(8-12)9-13/h3-5,8H,2,6-7,10H2,1H3. The molecule has 0 saturated heterocycles. The van der Waals surface area contributed by atoms with Crippen LogP contribution in [0.1, 0.15) is 18.1 Å². The van der Waals surface area contributed by atoms with Gasteiger partial charge in [0, 0.05) is 6.61 Å². The van der Waals surface area contributed by atoms with Crippen LogP contribution >= 0.6 is 0 Å². The second-order valence-electron chi connectivity index (χ2n) is 3.06. The number of nitrogens with zero attached hydrogens (tertiary/aromatic N) is 1. The lowest BCUT2D eigenvalue weighted by Gasteiger charge is -2.04. The van der Waals surface area contributed by atoms with E-state index < -0.39 is 0 Å². The maximum atomic E-state index is 8.69. The van der Waals surface area contributed by atoms with Gasteiger partial charge in [-0.25, -0.2) is 0 Å². The Kier molecular flexibility index (Phi) is 5.46. The van der Waals surface area contributed by atoms with Crippen LogP contribution in [0.3, 0.4) is 0 Å². The van der Waals surface area contributed by atoms with Gasteiger partial charge in [-0.1, -0.05) is 12.1 Å². The summed E-state index contributed by atoms with van der Waals surface area (Å²) in [6, 6.07) is 9.52. The van der Waals surface area contributed by atoms with Crippen molar-refractivity contribution in [2.24, 2.45) is 0 Å². The molecule has 0 bridgehead atoms. The average molecular weight is 205 g/mol. The Labute approximate surface area is 90.2 Å². The van der Waals surface area contributed by atoms with E-state index in [9.17, 15) is 0 Å². The molecule has 0 atom stereocenters. The summed E-state index contributed by atoms with van der Waals surface area (Å²) in [6.45, 7) is 4.41. The van der Waals surface area contributed by atoms with Gasteiger partial charge in [0.2, 0.25) is 0 Å². The van der Waals surface area contributed by atoms with E-state index in [0.29, 0.717) is 32.0 Å². The molecule has 0 aliphatic carbocycles. The molecular formula is C12H15NO2. The van der Waals surface area contributed by atoms with Crippen LogP contribution in [0.4, 0.5) is 0 Å². The second kappa shape index (κ2) is 6.99. The molecule has 80 valence electrons. The van der Waals surface area contributed by atoms with Crippen molar-refractivity contribution in [1.82, 2.24) is 0 Å². The monoisotopic (exact) mass is 205 g/mol. The highest BCUT2D eigenvalue weighted by molar-refractivity contribution is 5.32. The molecular weight excluding hydrogens is 190 g/mol. The maximum Gasteiger partial charge on any atom is 0.0991 e. The lowest BCUT2D eigenvalue weighted by Crippen LogP contribution is -2.03. The van der Waals surface area contributed by atoms with E-state index in [2.05, 4.69) is 6.07 Å². The molecule has 15 heavy (non-hydrogen) atoms. The van der Waals surface area contributed by atoms with E-state index in [-0.39, 0.29) is 0 Å². The summed E-state index contributed by atoms with van der Waals surface area (Å²) in [4.78, 5) is 0. The van der Waals surface area contributed by atoms with Gasteiger partial charge in [0.1, 0.15) is 0 Å². The third kappa shape index (κ3) is 4.59. The van der Waals surface area contributed by atoms with Crippen LogP contribution in [-0.2, 0) is 16.1 Å². The summed E-state index contributed by atoms with van der Waals surface area (Å²) in [5.41, 5.74) is 1.69. The van der Waals surface area contributed by atoms with Crippen molar-refractivity contribution in [3.63, 3.8) is 0 Å². The molecule has 1 rings (SSSR count). The molecule has 0 aliphatic rings. The van der Waals surface area contributed by atoms with Crippen LogP contribution in [0.2, 0.25) is 0 Å². The van der Waals surface area contributed by atoms with Crippen LogP contribution in [0.25, 0.3) is 0 Å². The normalized spacial score (nSPS) is 9.87. The number of hydrogen-bond acceptors (Lipinski definition) is 3. The Morgan fingerprint density at radius 2 is 2.07 bits per heavy atom. The Morgan fingerprint density at radius 1 is 1.27 bits per heavy atom. The fraction of sp³-hybridized carbons (Fsp3) is 0.417. The Balaban J connectivity index is 2.28. The summed E-state index contributed by atoms with van der Waals surface area (Å²) < 4.78 is 10.5. The minimum Gasteiger partial charge on any atom is -0.379 e. The van der Waals surface area contributed by atoms with E-state index in [1.54, 1.807) is 6.07 Å². The first-order valence-electron chi connectivity index (χ1n) is 5.01. The van der Waals surface area contributed by atoms with E-state index in [1.165, 1.54) is 0 Å². The van der Waals surface area contributed by atoms with Gasteiger partial charge in [0.25, 0.3) is 0 Å². The second-order valence-corrected chi connectivity index (χ2v) is 3.06. The zero-order valence-corrected chi connectivity index (χ0v) is 8.90. The lowest BCUT2D eigenvalue weighted by molar-refractivity contribution is 0.0453. The number of nitriles is 1. The van der Waals surface area contributed by atoms with Crippen LogP contribution < -0.4 is 0 Å². The van der Waals surface area contributed by atoms with Gasteiger partial charge in [0.15, 0.2) is 0 Å². The summed E-state index contributed by atoms with van der Waals surface area (Å²) in [7, 11) is 0. The first-order chi connectivity index (χ1) is 7.36. The molecule has 0 heterocycles. The van der Waals surface area contributed by atoms with Crippen molar-refractivity contribution >= 4 is 0 Å². The first kappa shape index (κ1) is 11.7. The first-order valence-corrected chi connectivity index (χ1v) is 5.01. The molecule has 1 aromatic carbocycles. The van der Waals surface area contributed by atoms with Crippen molar-refractivity contribution in [3.05, 3.63) is 35.4 Å². The number of benzene rings is 1. The highest BCUT2D eigenvalue weighted by Gasteiger charge is 1.95. The fourth-order valence-corrected chi connectivity index (χ4v) is 1.18. The van der Waals surface area contributed by atoms with E-state index in [0.717, 1.165) is 5.56 Å². The van der Waals surface area contributed by atoms with Gasteiger partial charge in [-0.05, 0) is 24.6 Å². The summed E-state index contributed by atoms with van der Waals surface area (Å²) >= 11 is 0. The summed E-state index contributed by atoms with van der Waals surface area (Å²) in [5, 5.41) is 8.69. The van der Waals surface area contributed by atoms with Crippen molar-refractivity contribution in [1.29, 1.82) is 5.26 Å². The summed E-state index contributed by atoms with van der Waals surface area (Å²) in [6.07, 6.45) is 0. The minimum atomic E-state index is 0.530. The predicted molar refractivity (Wildman–Crippen MR) is 57.3 cm³/mol. The van der Waals surface area contributed by atoms with Crippen LogP contribution in [0.5, 0.6) is 0 Å². The van der Waals surface area contributed by atoms with Gasteiger partial charge in [-0.2, -0.15) is 5.26 Å². The molecule has 0 aromatic heterocycles. The molecule has 0 N–H and O–H groups in total. The molecule has 0 amide bonds. The van der Waals surface area contributed by atoms with Crippen molar-refractivity contribution < 1.29 is 9.47 Å². The van der Waals surface area contributed by atoms with Gasteiger partial charge in [-0.3, -0.25) is 0 Å². The average Bonchev–Trinajstić information content (AvgIpc) is 2.29. The van der Waals surface area contributed by atoms with Gasteiger partial charge in [-0.15, -0.1) is 0 Å². The Morgan fingerprint density at radius 3 is 2.80 bits per heavy atom. The molecule has 0 aliphatic heterocycles. The minimum absolute atomic E-state index is 0.530. The number of rotatable bonds is 6. The van der Waals surface area contributed by atoms with Gasteiger partial charge in [0.05, 0.1) is 31.5 Å². The third-order valence-corrected chi connectivity index (χ3v) is 1.90. The molecule has 0 saturated carbocycles. The van der Waals surface area contributed by atoms with Crippen molar-refractivity contribution in [3.8, 4) is 6.07 Å².